The molecule has 172 valence electrons. The second-order valence-corrected chi connectivity index (χ2v) is 8.02. The van der Waals surface area contributed by atoms with E-state index < -0.39 is 17.3 Å². The predicted octanol–water partition coefficient (Wildman–Crippen LogP) is 1.81. The van der Waals surface area contributed by atoms with Gasteiger partial charge in [-0.15, -0.1) is 0 Å². The number of carbonyl (C=O) groups excluding carboxylic acids is 2. The van der Waals surface area contributed by atoms with Gasteiger partial charge in [-0.25, -0.2) is 4.79 Å². The summed E-state index contributed by atoms with van der Waals surface area (Å²) < 4.78 is 1.30. The average molecular weight is 442 g/mol. The molecule has 1 aromatic heterocycles. The summed E-state index contributed by atoms with van der Waals surface area (Å²) in [4.78, 5) is 55.9. The molecule has 1 atom stereocenters. The fourth-order valence-electron chi connectivity index (χ4n) is 4.36. The maximum absolute atomic E-state index is 13.4. The average Bonchev–Trinajstić information content (AvgIpc) is 2.76. The van der Waals surface area contributed by atoms with Crippen molar-refractivity contribution in [3.05, 3.63) is 56.2 Å². The number of hydrogen-bond acceptors (Lipinski definition) is 5. The standard InChI is InChI=1S/C23H31N5O4/c1-4-6-12-28-21(24)20(22(31)25-23(28)32)26(5-2)19(30)14-18-17-10-8-7-9-16(17)11-13-27(18)15(3)29/h7-10,18H,4-6,11-14,24H2,1-3H3,(H,25,31,32). The predicted molar refractivity (Wildman–Crippen MR) is 124 cm³/mol. The lowest BCUT2D eigenvalue weighted by Gasteiger charge is -2.37. The van der Waals surface area contributed by atoms with Gasteiger partial charge in [0.1, 0.15) is 5.82 Å². The first-order chi connectivity index (χ1) is 15.3. The first-order valence-electron chi connectivity index (χ1n) is 11.1. The number of anilines is 2. The Labute approximate surface area is 186 Å². The number of nitrogens with two attached hydrogens (primary N) is 1. The van der Waals surface area contributed by atoms with E-state index in [1.807, 2.05) is 31.2 Å². The van der Waals surface area contributed by atoms with Gasteiger partial charge >= 0.3 is 5.69 Å². The normalized spacial score (nSPS) is 15.3. The monoisotopic (exact) mass is 441 g/mol. The fourth-order valence-corrected chi connectivity index (χ4v) is 4.36. The van der Waals surface area contributed by atoms with E-state index in [4.69, 9.17) is 5.73 Å². The largest absolute Gasteiger partial charge is 0.383 e. The van der Waals surface area contributed by atoms with E-state index in [0.29, 0.717) is 19.5 Å². The third-order valence-corrected chi connectivity index (χ3v) is 6.02. The minimum absolute atomic E-state index is 0.0113. The van der Waals surface area contributed by atoms with Crippen LogP contribution in [0.25, 0.3) is 0 Å². The van der Waals surface area contributed by atoms with Crippen LogP contribution in [0.4, 0.5) is 11.5 Å². The molecule has 0 aliphatic carbocycles. The van der Waals surface area contributed by atoms with E-state index in [0.717, 1.165) is 24.0 Å². The van der Waals surface area contributed by atoms with Crippen LogP contribution >= 0.6 is 0 Å². The molecule has 3 N–H and O–H groups in total. The van der Waals surface area contributed by atoms with Gasteiger partial charge in [0.25, 0.3) is 5.56 Å². The van der Waals surface area contributed by atoms with Crippen molar-refractivity contribution in [2.75, 3.05) is 23.7 Å². The zero-order valence-electron chi connectivity index (χ0n) is 18.9. The highest BCUT2D eigenvalue weighted by atomic mass is 16.2. The third-order valence-electron chi connectivity index (χ3n) is 6.02. The number of aromatic amines is 1. The van der Waals surface area contributed by atoms with Gasteiger partial charge in [0, 0.05) is 26.6 Å². The Bertz CT molecular complexity index is 1120. The van der Waals surface area contributed by atoms with Crippen molar-refractivity contribution in [1.82, 2.24) is 14.5 Å². The number of unbranched alkanes of at least 4 members (excludes halogenated alkanes) is 1. The molecule has 0 saturated carbocycles. The first kappa shape index (κ1) is 23.3. The number of carbonyl (C=O) groups is 2. The summed E-state index contributed by atoms with van der Waals surface area (Å²) in [6, 6.07) is 7.35. The van der Waals surface area contributed by atoms with Crippen LogP contribution in [0.2, 0.25) is 0 Å². The fraction of sp³-hybridized carbons (Fsp3) is 0.478. The molecule has 2 aromatic rings. The Morgan fingerprint density at radius 3 is 2.59 bits per heavy atom. The molecule has 2 amide bonds. The molecule has 0 saturated heterocycles. The second-order valence-electron chi connectivity index (χ2n) is 8.02. The van der Waals surface area contributed by atoms with Gasteiger partial charge in [0.05, 0.1) is 12.5 Å². The molecule has 9 nitrogen and oxygen atoms in total. The maximum atomic E-state index is 13.4. The van der Waals surface area contributed by atoms with Crippen LogP contribution < -0.4 is 21.9 Å². The zero-order valence-corrected chi connectivity index (χ0v) is 18.9. The van der Waals surface area contributed by atoms with Crippen LogP contribution in [0.1, 0.15) is 57.2 Å². The summed E-state index contributed by atoms with van der Waals surface area (Å²) in [6.07, 6.45) is 2.30. The van der Waals surface area contributed by atoms with Crippen molar-refractivity contribution in [2.24, 2.45) is 0 Å². The van der Waals surface area contributed by atoms with Crippen LogP contribution in [-0.4, -0.2) is 39.4 Å². The summed E-state index contributed by atoms with van der Waals surface area (Å²) in [5.74, 6) is -0.459. The molecule has 3 rings (SSSR count). The van der Waals surface area contributed by atoms with Crippen LogP contribution in [0.15, 0.2) is 33.9 Å². The number of amides is 2. The zero-order chi connectivity index (χ0) is 23.4. The number of benzene rings is 1. The van der Waals surface area contributed by atoms with Crippen LogP contribution in [0.3, 0.4) is 0 Å². The Kier molecular flexibility index (Phi) is 7.17. The van der Waals surface area contributed by atoms with E-state index in [1.165, 1.54) is 16.4 Å². The number of aromatic nitrogens is 2. The third kappa shape index (κ3) is 4.46. The first-order valence-corrected chi connectivity index (χ1v) is 11.1. The quantitative estimate of drug-likeness (QED) is 0.679. The van der Waals surface area contributed by atoms with Crippen molar-refractivity contribution in [2.45, 2.75) is 59.0 Å². The van der Waals surface area contributed by atoms with Gasteiger partial charge in [-0.1, -0.05) is 37.6 Å². The smallest absolute Gasteiger partial charge is 0.330 e. The van der Waals surface area contributed by atoms with E-state index in [-0.39, 0.29) is 36.3 Å². The molecular weight excluding hydrogens is 410 g/mol. The van der Waals surface area contributed by atoms with Crippen LogP contribution in [-0.2, 0) is 22.6 Å². The molecule has 2 heterocycles. The lowest BCUT2D eigenvalue weighted by atomic mass is 9.90. The van der Waals surface area contributed by atoms with Crippen molar-refractivity contribution in [3.63, 3.8) is 0 Å². The maximum Gasteiger partial charge on any atom is 0.330 e. The highest BCUT2D eigenvalue weighted by molar-refractivity contribution is 5.96. The molecule has 0 bridgehead atoms. The SMILES string of the molecule is CCCCn1c(N)c(N(CC)C(=O)CC2c3ccccc3CCN2C(C)=O)c(=O)[nH]c1=O. The van der Waals surface area contributed by atoms with Gasteiger partial charge in [0.15, 0.2) is 5.69 Å². The summed E-state index contributed by atoms with van der Waals surface area (Å²) in [7, 11) is 0. The van der Waals surface area contributed by atoms with Crippen molar-refractivity contribution in [1.29, 1.82) is 0 Å². The topological polar surface area (TPSA) is 121 Å². The molecule has 9 heteroatoms. The molecule has 0 radical (unpaired) electrons. The number of fused-ring (bicyclic) bond motifs is 1. The van der Waals surface area contributed by atoms with Gasteiger partial charge in [-0.05, 0) is 30.9 Å². The number of nitrogens with one attached hydrogen (secondary N) is 1. The molecule has 1 aliphatic heterocycles. The van der Waals surface area contributed by atoms with Crippen molar-refractivity contribution < 1.29 is 9.59 Å². The minimum Gasteiger partial charge on any atom is -0.383 e. The number of nitrogens with zero attached hydrogens (tertiary/aromatic N) is 3. The molecule has 1 aromatic carbocycles. The highest BCUT2D eigenvalue weighted by Gasteiger charge is 2.33. The van der Waals surface area contributed by atoms with Crippen LogP contribution in [0.5, 0.6) is 0 Å². The van der Waals surface area contributed by atoms with E-state index in [1.54, 1.807) is 11.8 Å². The van der Waals surface area contributed by atoms with Crippen molar-refractivity contribution in [3.8, 4) is 0 Å². The second kappa shape index (κ2) is 9.84. The Morgan fingerprint density at radius 1 is 1.22 bits per heavy atom. The van der Waals surface area contributed by atoms with E-state index in [9.17, 15) is 19.2 Å². The molecule has 1 aliphatic rings. The van der Waals surface area contributed by atoms with Gasteiger partial charge < -0.3 is 15.5 Å². The molecule has 32 heavy (non-hydrogen) atoms. The Hall–Kier alpha value is -3.36. The minimum atomic E-state index is -0.692. The number of hydrogen-bond donors (Lipinski definition) is 2. The molecule has 0 spiro atoms. The van der Waals surface area contributed by atoms with Crippen LogP contribution in [0, 0.1) is 0 Å². The van der Waals surface area contributed by atoms with Gasteiger partial charge in [0.2, 0.25) is 11.8 Å². The molecule has 0 fully saturated rings. The summed E-state index contributed by atoms with van der Waals surface area (Å²) in [5.41, 5.74) is 6.96. The number of nitrogen functional groups attached to an aromatic ring is 1. The number of rotatable bonds is 7. The summed E-state index contributed by atoms with van der Waals surface area (Å²) >= 11 is 0. The summed E-state index contributed by atoms with van der Waals surface area (Å²) in [5, 5.41) is 0. The van der Waals surface area contributed by atoms with Gasteiger partial charge in [-0.3, -0.25) is 23.9 Å². The molecular formula is C23H31N5O4. The highest BCUT2D eigenvalue weighted by Crippen LogP contribution is 2.33. The summed E-state index contributed by atoms with van der Waals surface area (Å²) in [6.45, 7) is 6.31. The van der Waals surface area contributed by atoms with Crippen molar-refractivity contribution >= 4 is 23.3 Å². The van der Waals surface area contributed by atoms with Gasteiger partial charge in [-0.2, -0.15) is 0 Å². The Balaban J connectivity index is 1.99. The lowest BCUT2D eigenvalue weighted by molar-refractivity contribution is -0.133. The number of H-pyrrole nitrogens is 1. The van der Waals surface area contributed by atoms with E-state index >= 15 is 0 Å². The lowest BCUT2D eigenvalue weighted by Crippen LogP contribution is -2.44. The van der Waals surface area contributed by atoms with E-state index in [2.05, 4.69) is 4.98 Å². The Morgan fingerprint density at radius 2 is 1.94 bits per heavy atom. The molecule has 1 unspecified atom stereocenters.